The van der Waals surface area contributed by atoms with Gasteiger partial charge in [0.2, 0.25) is 0 Å². The van der Waals surface area contributed by atoms with Crippen LogP contribution in [0.15, 0.2) is 36.7 Å². The number of anilines is 1. The molecule has 1 unspecified atom stereocenters. The minimum atomic E-state index is 0.455. The van der Waals surface area contributed by atoms with Crippen LogP contribution in [0.3, 0.4) is 0 Å². The number of nitrogen functional groups attached to an aromatic ring is 1. The molecule has 1 aromatic heterocycles. The zero-order chi connectivity index (χ0) is 13.9. The van der Waals surface area contributed by atoms with Crippen molar-refractivity contribution in [1.82, 2.24) is 14.9 Å². The van der Waals surface area contributed by atoms with Gasteiger partial charge in [0, 0.05) is 17.7 Å². The van der Waals surface area contributed by atoms with Crippen molar-refractivity contribution in [3.8, 4) is 11.3 Å². The fourth-order valence-corrected chi connectivity index (χ4v) is 2.83. The molecule has 0 saturated carbocycles. The summed E-state index contributed by atoms with van der Waals surface area (Å²) in [6, 6.07) is 10.8. The molecule has 1 aromatic carbocycles. The number of nitrogens with two attached hydrogens (primary N) is 1. The van der Waals surface area contributed by atoms with Crippen LogP contribution in [-0.2, 0) is 0 Å². The van der Waals surface area contributed by atoms with Gasteiger partial charge in [0.15, 0.2) is 0 Å². The fraction of sp³-hybridized carbons (Fsp3) is 0.375. The molecule has 2 heterocycles. The van der Waals surface area contributed by atoms with Crippen molar-refractivity contribution >= 4 is 5.82 Å². The second-order valence-electron chi connectivity index (χ2n) is 5.37. The van der Waals surface area contributed by atoms with Gasteiger partial charge >= 0.3 is 0 Å². The Morgan fingerprint density at radius 2 is 1.95 bits per heavy atom. The minimum Gasteiger partial charge on any atom is -0.384 e. The molecule has 1 saturated heterocycles. The van der Waals surface area contributed by atoms with E-state index in [4.69, 9.17) is 5.73 Å². The van der Waals surface area contributed by atoms with Crippen LogP contribution in [0, 0.1) is 0 Å². The highest BCUT2D eigenvalue weighted by Crippen LogP contribution is 2.27. The lowest BCUT2D eigenvalue weighted by molar-refractivity contribution is 0.263. The third-order valence-electron chi connectivity index (χ3n) is 4.04. The quantitative estimate of drug-likeness (QED) is 0.930. The van der Waals surface area contributed by atoms with Crippen LogP contribution < -0.4 is 5.73 Å². The highest BCUT2D eigenvalue weighted by atomic mass is 15.2. The monoisotopic (exact) mass is 268 g/mol. The number of nitrogens with zero attached hydrogens (tertiary/aromatic N) is 3. The van der Waals surface area contributed by atoms with Crippen LogP contribution in [0.1, 0.15) is 31.4 Å². The predicted octanol–water partition coefficient (Wildman–Crippen LogP) is 2.88. The third kappa shape index (κ3) is 2.65. The predicted molar refractivity (Wildman–Crippen MR) is 81.1 cm³/mol. The highest BCUT2D eigenvalue weighted by molar-refractivity contribution is 5.62. The Hall–Kier alpha value is -1.94. The first-order valence-corrected chi connectivity index (χ1v) is 7.16. The third-order valence-corrected chi connectivity index (χ3v) is 4.04. The van der Waals surface area contributed by atoms with Crippen molar-refractivity contribution < 1.29 is 0 Å². The molecule has 0 spiro atoms. The van der Waals surface area contributed by atoms with E-state index in [0.717, 1.165) is 11.3 Å². The van der Waals surface area contributed by atoms with Crippen LogP contribution in [0.25, 0.3) is 11.3 Å². The molecule has 0 radical (unpaired) electrons. The summed E-state index contributed by atoms with van der Waals surface area (Å²) in [5.41, 5.74) is 9.05. The Labute approximate surface area is 119 Å². The maximum atomic E-state index is 5.73. The van der Waals surface area contributed by atoms with Crippen LogP contribution in [-0.4, -0.2) is 28.0 Å². The normalized spacial score (nSPS) is 17.2. The van der Waals surface area contributed by atoms with Crippen LogP contribution >= 0.6 is 0 Å². The lowest BCUT2D eigenvalue weighted by atomic mass is 10.0. The van der Waals surface area contributed by atoms with Crippen molar-refractivity contribution in [2.75, 3.05) is 18.8 Å². The lowest BCUT2D eigenvalue weighted by Gasteiger charge is -2.24. The number of benzene rings is 1. The summed E-state index contributed by atoms with van der Waals surface area (Å²) in [5.74, 6) is 0.507. The molecule has 4 heteroatoms. The molecule has 20 heavy (non-hydrogen) atoms. The number of hydrogen-bond donors (Lipinski definition) is 1. The summed E-state index contributed by atoms with van der Waals surface area (Å²) in [6.07, 6.45) is 4.14. The smallest absolute Gasteiger partial charge is 0.127 e. The van der Waals surface area contributed by atoms with Gasteiger partial charge in [-0.3, -0.25) is 4.90 Å². The largest absolute Gasteiger partial charge is 0.384 e. The topological polar surface area (TPSA) is 55.0 Å². The molecule has 1 atom stereocenters. The highest BCUT2D eigenvalue weighted by Gasteiger charge is 2.19. The molecule has 104 valence electrons. The summed E-state index contributed by atoms with van der Waals surface area (Å²) in [5, 5.41) is 0. The van der Waals surface area contributed by atoms with Gasteiger partial charge < -0.3 is 5.73 Å². The van der Waals surface area contributed by atoms with Crippen molar-refractivity contribution in [3.05, 3.63) is 42.2 Å². The fourth-order valence-electron chi connectivity index (χ4n) is 2.83. The van der Waals surface area contributed by atoms with Gasteiger partial charge in [-0.1, -0.05) is 18.2 Å². The van der Waals surface area contributed by atoms with E-state index in [1.807, 2.05) is 6.07 Å². The Balaban J connectivity index is 1.89. The van der Waals surface area contributed by atoms with E-state index in [1.54, 1.807) is 0 Å². The molecule has 0 bridgehead atoms. The van der Waals surface area contributed by atoms with Gasteiger partial charge in [0.1, 0.15) is 12.1 Å². The SMILES string of the molecule is CC(c1cccc(-c2cc(N)ncn2)c1)N1CCCC1. The van der Waals surface area contributed by atoms with E-state index < -0.39 is 0 Å². The van der Waals surface area contributed by atoms with Crippen LogP contribution in [0.4, 0.5) is 5.82 Å². The standard InChI is InChI=1S/C16H20N4/c1-12(20-7-2-3-8-20)13-5-4-6-14(9-13)15-10-16(17)19-11-18-15/h4-6,9-12H,2-3,7-8H2,1H3,(H2,17,18,19). The molecule has 2 N–H and O–H groups in total. The Morgan fingerprint density at radius 3 is 2.70 bits per heavy atom. The van der Waals surface area contributed by atoms with Gasteiger partial charge in [-0.15, -0.1) is 0 Å². The first-order valence-electron chi connectivity index (χ1n) is 7.16. The molecular formula is C16H20N4. The number of likely N-dealkylation sites (tertiary alicyclic amines) is 1. The zero-order valence-corrected chi connectivity index (χ0v) is 11.8. The lowest BCUT2D eigenvalue weighted by Crippen LogP contribution is -2.23. The second-order valence-corrected chi connectivity index (χ2v) is 5.37. The molecule has 4 nitrogen and oxygen atoms in total. The number of hydrogen-bond acceptors (Lipinski definition) is 4. The van der Waals surface area contributed by atoms with Crippen molar-refractivity contribution in [1.29, 1.82) is 0 Å². The first kappa shape index (κ1) is 13.1. The van der Waals surface area contributed by atoms with E-state index in [9.17, 15) is 0 Å². The van der Waals surface area contributed by atoms with Crippen molar-refractivity contribution in [2.45, 2.75) is 25.8 Å². The van der Waals surface area contributed by atoms with Gasteiger partial charge in [-0.2, -0.15) is 0 Å². The molecule has 3 rings (SSSR count). The molecule has 1 aliphatic rings. The summed E-state index contributed by atoms with van der Waals surface area (Å²) in [7, 11) is 0. The van der Waals surface area contributed by atoms with Crippen LogP contribution in [0.2, 0.25) is 0 Å². The molecule has 1 fully saturated rings. The molecule has 0 aliphatic carbocycles. The van der Waals surface area contributed by atoms with E-state index in [0.29, 0.717) is 11.9 Å². The summed E-state index contributed by atoms with van der Waals surface area (Å²) < 4.78 is 0. The molecule has 0 amide bonds. The van der Waals surface area contributed by atoms with Crippen LogP contribution in [0.5, 0.6) is 0 Å². The number of aromatic nitrogens is 2. The Bertz CT molecular complexity index is 591. The second kappa shape index (κ2) is 5.59. The van der Waals surface area contributed by atoms with Gasteiger partial charge in [-0.05, 0) is 44.5 Å². The average Bonchev–Trinajstić information content (AvgIpc) is 3.01. The maximum absolute atomic E-state index is 5.73. The zero-order valence-electron chi connectivity index (χ0n) is 11.8. The summed E-state index contributed by atoms with van der Waals surface area (Å²) >= 11 is 0. The van der Waals surface area contributed by atoms with E-state index in [1.165, 1.54) is 37.8 Å². The molecule has 1 aliphatic heterocycles. The first-order chi connectivity index (χ1) is 9.74. The van der Waals surface area contributed by atoms with Crippen molar-refractivity contribution in [3.63, 3.8) is 0 Å². The maximum Gasteiger partial charge on any atom is 0.127 e. The Kier molecular flexibility index (Phi) is 3.65. The van der Waals surface area contributed by atoms with Gasteiger partial charge in [-0.25, -0.2) is 9.97 Å². The Morgan fingerprint density at radius 1 is 1.15 bits per heavy atom. The van der Waals surface area contributed by atoms with Gasteiger partial charge in [0.25, 0.3) is 0 Å². The van der Waals surface area contributed by atoms with Gasteiger partial charge in [0.05, 0.1) is 5.69 Å². The van der Waals surface area contributed by atoms with E-state index in [-0.39, 0.29) is 0 Å². The summed E-state index contributed by atoms with van der Waals surface area (Å²) in [4.78, 5) is 10.8. The van der Waals surface area contributed by atoms with Crippen molar-refractivity contribution in [2.24, 2.45) is 0 Å². The van der Waals surface area contributed by atoms with E-state index in [2.05, 4.69) is 46.1 Å². The molecular weight excluding hydrogens is 248 g/mol. The minimum absolute atomic E-state index is 0.455. The average molecular weight is 268 g/mol. The summed E-state index contributed by atoms with van der Waals surface area (Å²) in [6.45, 7) is 4.68. The molecule has 2 aromatic rings. The van der Waals surface area contributed by atoms with E-state index >= 15 is 0 Å². The number of rotatable bonds is 3.